The third-order valence-corrected chi connectivity index (χ3v) is 3.80. The molecule has 6 heteroatoms. The molecular formula is C17H27ClN2O3. The maximum atomic E-state index is 12.1. The van der Waals surface area contributed by atoms with Crippen molar-refractivity contribution in [2.45, 2.75) is 38.8 Å². The summed E-state index contributed by atoms with van der Waals surface area (Å²) in [7, 11) is 0. The molecule has 0 aliphatic carbocycles. The van der Waals surface area contributed by atoms with Crippen LogP contribution in [0.25, 0.3) is 0 Å². The van der Waals surface area contributed by atoms with E-state index in [4.69, 9.17) is 9.47 Å². The molecule has 1 aromatic rings. The van der Waals surface area contributed by atoms with Gasteiger partial charge in [-0.25, -0.2) is 0 Å². The summed E-state index contributed by atoms with van der Waals surface area (Å²) in [5, 5.41) is 6.07. The van der Waals surface area contributed by atoms with Gasteiger partial charge >= 0.3 is 0 Å². The van der Waals surface area contributed by atoms with Crippen LogP contribution in [0.3, 0.4) is 0 Å². The number of amides is 1. The molecule has 0 radical (unpaired) electrons. The van der Waals surface area contributed by atoms with Crippen LogP contribution >= 0.6 is 12.4 Å². The molecule has 2 N–H and O–H groups in total. The molecule has 1 amide bonds. The number of para-hydroxylation sites is 1. The maximum absolute atomic E-state index is 12.1. The Balaban J connectivity index is 0.00000264. The molecule has 1 aliphatic rings. The van der Waals surface area contributed by atoms with Gasteiger partial charge in [-0.1, -0.05) is 32.0 Å². The van der Waals surface area contributed by atoms with Gasteiger partial charge < -0.3 is 20.1 Å². The van der Waals surface area contributed by atoms with Gasteiger partial charge in [0, 0.05) is 6.54 Å². The van der Waals surface area contributed by atoms with Crippen molar-refractivity contribution in [2.75, 3.05) is 26.3 Å². The second-order valence-corrected chi connectivity index (χ2v) is 5.84. The average molecular weight is 343 g/mol. The van der Waals surface area contributed by atoms with Crippen molar-refractivity contribution >= 4 is 18.3 Å². The van der Waals surface area contributed by atoms with Crippen LogP contribution in [0.2, 0.25) is 0 Å². The van der Waals surface area contributed by atoms with Crippen molar-refractivity contribution in [3.63, 3.8) is 0 Å². The number of hydrogen-bond donors (Lipinski definition) is 2. The zero-order chi connectivity index (χ0) is 15.9. The zero-order valence-corrected chi connectivity index (χ0v) is 14.8. The summed E-state index contributed by atoms with van der Waals surface area (Å²) in [6.45, 7) is 8.49. The fourth-order valence-corrected chi connectivity index (χ4v) is 2.56. The number of halogens is 1. The van der Waals surface area contributed by atoms with E-state index in [1.54, 1.807) is 0 Å². The number of ether oxygens (including phenoxy) is 2. The van der Waals surface area contributed by atoms with Gasteiger partial charge in [0.1, 0.15) is 18.4 Å². The zero-order valence-electron chi connectivity index (χ0n) is 14.0. The molecule has 0 spiro atoms. The number of carbonyl (C=O) groups is 1. The highest BCUT2D eigenvalue weighted by Gasteiger charge is 2.27. The number of benzene rings is 1. The van der Waals surface area contributed by atoms with Crippen LogP contribution in [-0.4, -0.2) is 44.4 Å². The third-order valence-electron chi connectivity index (χ3n) is 3.80. The van der Waals surface area contributed by atoms with E-state index in [2.05, 4.69) is 30.5 Å². The molecule has 0 aromatic heterocycles. The SMILES string of the molecule is CC(C)c1ccccc1OCCNC(=O)[C@H]1NCCO[C@@H]1C.Cl. The largest absolute Gasteiger partial charge is 0.491 e. The van der Waals surface area contributed by atoms with E-state index in [1.807, 2.05) is 25.1 Å². The molecule has 1 aliphatic heterocycles. The Labute approximate surface area is 144 Å². The highest BCUT2D eigenvalue weighted by molar-refractivity contribution is 5.85. The Morgan fingerprint density at radius 3 is 2.87 bits per heavy atom. The van der Waals surface area contributed by atoms with Crippen molar-refractivity contribution in [1.82, 2.24) is 10.6 Å². The number of morpholine rings is 1. The third kappa shape index (κ3) is 5.68. The van der Waals surface area contributed by atoms with Gasteiger partial charge in [-0.15, -0.1) is 12.4 Å². The quantitative estimate of drug-likeness (QED) is 0.777. The van der Waals surface area contributed by atoms with Gasteiger partial charge in [0.05, 0.1) is 19.3 Å². The Morgan fingerprint density at radius 2 is 2.17 bits per heavy atom. The molecule has 2 rings (SSSR count). The van der Waals surface area contributed by atoms with Crippen LogP contribution < -0.4 is 15.4 Å². The van der Waals surface area contributed by atoms with Crippen LogP contribution in [-0.2, 0) is 9.53 Å². The fraction of sp³-hybridized carbons (Fsp3) is 0.588. The van der Waals surface area contributed by atoms with Gasteiger partial charge in [-0.2, -0.15) is 0 Å². The molecule has 5 nitrogen and oxygen atoms in total. The lowest BCUT2D eigenvalue weighted by Crippen LogP contribution is -2.55. The molecule has 1 heterocycles. The Bertz CT molecular complexity index is 496. The fourth-order valence-electron chi connectivity index (χ4n) is 2.56. The highest BCUT2D eigenvalue weighted by Crippen LogP contribution is 2.25. The van der Waals surface area contributed by atoms with E-state index in [0.29, 0.717) is 32.2 Å². The van der Waals surface area contributed by atoms with E-state index in [-0.39, 0.29) is 30.5 Å². The number of carbonyl (C=O) groups excluding carboxylic acids is 1. The number of hydrogen-bond acceptors (Lipinski definition) is 4. The van der Waals surface area contributed by atoms with Gasteiger partial charge in [0.25, 0.3) is 0 Å². The van der Waals surface area contributed by atoms with E-state index >= 15 is 0 Å². The van der Waals surface area contributed by atoms with E-state index in [9.17, 15) is 4.79 Å². The predicted molar refractivity (Wildman–Crippen MR) is 93.5 cm³/mol. The minimum atomic E-state index is -0.281. The molecule has 0 unspecified atom stereocenters. The van der Waals surface area contributed by atoms with Crippen LogP contribution in [0.15, 0.2) is 24.3 Å². The lowest BCUT2D eigenvalue weighted by molar-refractivity contribution is -0.129. The summed E-state index contributed by atoms with van der Waals surface area (Å²) in [6.07, 6.45) is -0.101. The first-order valence-corrected chi connectivity index (χ1v) is 7.94. The summed E-state index contributed by atoms with van der Waals surface area (Å²) < 4.78 is 11.3. The summed E-state index contributed by atoms with van der Waals surface area (Å²) in [5.41, 5.74) is 1.18. The lowest BCUT2D eigenvalue weighted by atomic mass is 10.0. The van der Waals surface area contributed by atoms with Gasteiger partial charge in [0.2, 0.25) is 5.91 Å². The van der Waals surface area contributed by atoms with Crippen LogP contribution in [0.5, 0.6) is 5.75 Å². The highest BCUT2D eigenvalue weighted by atomic mass is 35.5. The van der Waals surface area contributed by atoms with Crippen molar-refractivity contribution in [3.8, 4) is 5.75 Å². The van der Waals surface area contributed by atoms with Crippen LogP contribution in [0.1, 0.15) is 32.3 Å². The lowest BCUT2D eigenvalue weighted by Gasteiger charge is -2.29. The molecule has 1 saturated heterocycles. The first kappa shape index (κ1) is 19.7. The molecule has 23 heavy (non-hydrogen) atoms. The van der Waals surface area contributed by atoms with Crippen molar-refractivity contribution < 1.29 is 14.3 Å². The Hall–Kier alpha value is -1.30. The average Bonchev–Trinajstić information content (AvgIpc) is 2.52. The molecular weight excluding hydrogens is 316 g/mol. The van der Waals surface area contributed by atoms with E-state index in [0.717, 1.165) is 5.75 Å². The van der Waals surface area contributed by atoms with Gasteiger partial charge in [-0.3, -0.25) is 4.79 Å². The predicted octanol–water partition coefficient (Wildman–Crippen LogP) is 2.10. The second-order valence-electron chi connectivity index (χ2n) is 5.84. The molecule has 0 bridgehead atoms. The van der Waals surface area contributed by atoms with Gasteiger partial charge in [-0.05, 0) is 24.5 Å². The Morgan fingerprint density at radius 1 is 1.43 bits per heavy atom. The molecule has 1 fully saturated rings. The smallest absolute Gasteiger partial charge is 0.239 e. The minimum absolute atomic E-state index is 0. The van der Waals surface area contributed by atoms with E-state index in [1.165, 1.54) is 5.56 Å². The minimum Gasteiger partial charge on any atom is -0.491 e. The van der Waals surface area contributed by atoms with Crippen molar-refractivity contribution in [1.29, 1.82) is 0 Å². The summed E-state index contributed by atoms with van der Waals surface area (Å²) >= 11 is 0. The first-order chi connectivity index (χ1) is 10.6. The standard InChI is InChI=1S/C17H26N2O3.ClH/c1-12(2)14-6-4-5-7-15(14)22-11-9-19-17(20)16-13(3)21-10-8-18-16;/h4-7,12-13,16,18H,8-11H2,1-3H3,(H,19,20);1H/t13-,16+;/m1./s1. The molecule has 2 atom stereocenters. The summed E-state index contributed by atoms with van der Waals surface area (Å²) in [5.74, 6) is 1.27. The Kier molecular flexibility index (Phi) is 8.37. The number of rotatable bonds is 6. The first-order valence-electron chi connectivity index (χ1n) is 7.94. The van der Waals surface area contributed by atoms with Gasteiger partial charge in [0.15, 0.2) is 0 Å². The van der Waals surface area contributed by atoms with Crippen molar-refractivity contribution in [2.24, 2.45) is 0 Å². The normalized spacial score (nSPS) is 20.7. The summed E-state index contributed by atoms with van der Waals surface area (Å²) in [4.78, 5) is 12.1. The molecule has 130 valence electrons. The molecule has 1 aromatic carbocycles. The van der Waals surface area contributed by atoms with Crippen LogP contribution in [0.4, 0.5) is 0 Å². The number of nitrogens with one attached hydrogen (secondary N) is 2. The topological polar surface area (TPSA) is 59.6 Å². The summed E-state index contributed by atoms with van der Waals surface area (Å²) in [6, 6.07) is 7.74. The molecule has 0 saturated carbocycles. The monoisotopic (exact) mass is 342 g/mol. The second kappa shape index (κ2) is 9.75. The van der Waals surface area contributed by atoms with Crippen LogP contribution in [0, 0.1) is 0 Å². The maximum Gasteiger partial charge on any atom is 0.239 e. The van der Waals surface area contributed by atoms with E-state index < -0.39 is 0 Å². The van der Waals surface area contributed by atoms with Crippen molar-refractivity contribution in [3.05, 3.63) is 29.8 Å².